The van der Waals surface area contributed by atoms with Gasteiger partial charge in [-0.2, -0.15) is 4.98 Å². The fraction of sp³-hybridized carbons (Fsp3) is 0.200. The highest BCUT2D eigenvalue weighted by atomic mass is 15.3. The van der Waals surface area contributed by atoms with Crippen molar-refractivity contribution in [1.29, 1.82) is 0 Å². The van der Waals surface area contributed by atoms with E-state index in [-0.39, 0.29) is 6.04 Å². The second-order valence-electron chi connectivity index (χ2n) is 5.13. The van der Waals surface area contributed by atoms with Gasteiger partial charge in [0.15, 0.2) is 5.65 Å². The maximum absolute atomic E-state index is 5.83. The van der Waals surface area contributed by atoms with Gasteiger partial charge in [-0.05, 0) is 48.2 Å². The highest BCUT2D eigenvalue weighted by Crippen LogP contribution is 2.34. The molecule has 0 radical (unpaired) electrons. The van der Waals surface area contributed by atoms with Crippen LogP contribution in [-0.2, 0) is 6.42 Å². The third kappa shape index (κ3) is 1.79. The van der Waals surface area contributed by atoms with E-state index in [2.05, 4.69) is 27.5 Å². The van der Waals surface area contributed by atoms with E-state index < -0.39 is 0 Å². The van der Waals surface area contributed by atoms with E-state index in [1.807, 2.05) is 30.5 Å². The molecule has 1 unspecified atom stereocenters. The Hall–Kier alpha value is -2.56. The number of hydrogen-bond acceptors (Lipinski definition) is 4. The van der Waals surface area contributed by atoms with Crippen molar-refractivity contribution in [2.75, 3.05) is 11.1 Å². The zero-order valence-corrected chi connectivity index (χ0v) is 11.0. The van der Waals surface area contributed by atoms with Crippen molar-refractivity contribution in [2.45, 2.75) is 18.9 Å². The van der Waals surface area contributed by atoms with Crippen LogP contribution in [0.1, 0.15) is 23.6 Å². The summed E-state index contributed by atoms with van der Waals surface area (Å²) < 4.78 is 1.78. The monoisotopic (exact) mass is 265 g/mol. The largest absolute Gasteiger partial charge is 0.399 e. The first-order valence-corrected chi connectivity index (χ1v) is 6.76. The van der Waals surface area contributed by atoms with E-state index in [9.17, 15) is 0 Å². The number of benzene rings is 1. The first-order valence-electron chi connectivity index (χ1n) is 6.76. The first kappa shape index (κ1) is 11.3. The third-order valence-corrected chi connectivity index (χ3v) is 3.79. The summed E-state index contributed by atoms with van der Waals surface area (Å²) in [7, 11) is 0. The van der Waals surface area contributed by atoms with Crippen molar-refractivity contribution in [3.63, 3.8) is 0 Å². The van der Waals surface area contributed by atoms with Gasteiger partial charge in [-0.25, -0.2) is 4.52 Å². The highest BCUT2D eigenvalue weighted by Gasteiger charge is 2.23. The van der Waals surface area contributed by atoms with E-state index in [1.165, 1.54) is 11.1 Å². The Morgan fingerprint density at radius 3 is 3.10 bits per heavy atom. The van der Waals surface area contributed by atoms with Gasteiger partial charge in [0, 0.05) is 11.9 Å². The van der Waals surface area contributed by atoms with Gasteiger partial charge in [-0.1, -0.05) is 12.1 Å². The molecule has 0 spiro atoms. The minimum absolute atomic E-state index is 0.267. The molecule has 20 heavy (non-hydrogen) atoms. The number of nitrogens with one attached hydrogen (secondary N) is 1. The molecule has 0 amide bonds. The van der Waals surface area contributed by atoms with Crippen LogP contribution >= 0.6 is 0 Å². The van der Waals surface area contributed by atoms with Crippen molar-refractivity contribution in [1.82, 2.24) is 14.6 Å². The lowest BCUT2D eigenvalue weighted by Gasteiger charge is -2.12. The standard InChI is InChI=1S/C15H15N5/c16-11-5-6-12-10(9-11)4-7-13(12)17-15-18-14-3-1-2-8-20(14)19-15/h1-3,5-6,8-9,13H,4,7,16H2,(H,17,19). The normalized spacial score (nSPS) is 17.3. The van der Waals surface area contributed by atoms with E-state index in [1.54, 1.807) is 4.52 Å². The van der Waals surface area contributed by atoms with Crippen molar-refractivity contribution >= 4 is 17.3 Å². The zero-order valence-electron chi connectivity index (χ0n) is 11.0. The number of rotatable bonds is 2. The fourth-order valence-electron chi connectivity index (χ4n) is 2.84. The van der Waals surface area contributed by atoms with Crippen LogP contribution in [0.3, 0.4) is 0 Å². The van der Waals surface area contributed by atoms with Gasteiger partial charge in [-0.15, -0.1) is 5.10 Å². The van der Waals surface area contributed by atoms with Crippen LogP contribution in [0.15, 0.2) is 42.6 Å². The average molecular weight is 265 g/mol. The van der Waals surface area contributed by atoms with Crippen LogP contribution < -0.4 is 11.1 Å². The van der Waals surface area contributed by atoms with E-state index in [4.69, 9.17) is 5.73 Å². The van der Waals surface area contributed by atoms with E-state index in [0.29, 0.717) is 5.95 Å². The second kappa shape index (κ2) is 4.23. The molecular weight excluding hydrogens is 250 g/mol. The van der Waals surface area contributed by atoms with Gasteiger partial charge in [-0.3, -0.25) is 0 Å². The number of nitrogens with zero attached hydrogens (tertiary/aromatic N) is 3. The summed E-state index contributed by atoms with van der Waals surface area (Å²) in [5.41, 5.74) is 10.1. The second-order valence-corrected chi connectivity index (χ2v) is 5.13. The number of nitrogen functional groups attached to an aromatic ring is 1. The van der Waals surface area contributed by atoms with Crippen molar-refractivity contribution in [2.24, 2.45) is 0 Å². The van der Waals surface area contributed by atoms with Gasteiger partial charge < -0.3 is 11.1 Å². The highest BCUT2D eigenvalue weighted by molar-refractivity contribution is 5.50. The zero-order chi connectivity index (χ0) is 13.5. The maximum Gasteiger partial charge on any atom is 0.243 e. The summed E-state index contributed by atoms with van der Waals surface area (Å²) in [6.07, 6.45) is 4.00. The number of pyridine rings is 1. The predicted molar refractivity (Wildman–Crippen MR) is 78.5 cm³/mol. The first-order chi connectivity index (χ1) is 9.79. The number of fused-ring (bicyclic) bond motifs is 2. The van der Waals surface area contributed by atoms with E-state index >= 15 is 0 Å². The quantitative estimate of drug-likeness (QED) is 0.698. The van der Waals surface area contributed by atoms with Crippen LogP contribution in [-0.4, -0.2) is 14.6 Å². The topological polar surface area (TPSA) is 68.2 Å². The van der Waals surface area contributed by atoms with Crippen LogP contribution in [0.25, 0.3) is 5.65 Å². The Morgan fingerprint density at radius 2 is 2.20 bits per heavy atom. The third-order valence-electron chi connectivity index (χ3n) is 3.79. The van der Waals surface area contributed by atoms with E-state index in [0.717, 1.165) is 24.2 Å². The van der Waals surface area contributed by atoms with Gasteiger partial charge in [0.05, 0.1) is 6.04 Å². The Kier molecular flexibility index (Phi) is 2.39. The summed E-state index contributed by atoms with van der Waals surface area (Å²) in [6.45, 7) is 0. The minimum Gasteiger partial charge on any atom is -0.399 e. The molecule has 0 bridgehead atoms. The molecule has 1 aromatic carbocycles. The van der Waals surface area contributed by atoms with Crippen LogP contribution in [0.2, 0.25) is 0 Å². The molecule has 2 heterocycles. The number of nitrogens with two attached hydrogens (primary N) is 1. The molecule has 4 rings (SSSR count). The minimum atomic E-state index is 0.267. The van der Waals surface area contributed by atoms with Gasteiger partial charge >= 0.3 is 0 Å². The molecule has 1 aliphatic rings. The Balaban J connectivity index is 1.64. The van der Waals surface area contributed by atoms with Crippen molar-refractivity contribution in [3.05, 3.63) is 53.7 Å². The summed E-state index contributed by atoms with van der Waals surface area (Å²) in [5, 5.41) is 7.86. The number of aromatic nitrogens is 3. The van der Waals surface area contributed by atoms with Gasteiger partial charge in [0.25, 0.3) is 0 Å². The van der Waals surface area contributed by atoms with Crippen molar-refractivity contribution in [3.8, 4) is 0 Å². The molecule has 3 N–H and O–H groups in total. The molecular formula is C15H15N5. The molecule has 0 saturated heterocycles. The Morgan fingerprint density at radius 1 is 1.25 bits per heavy atom. The van der Waals surface area contributed by atoms with Crippen molar-refractivity contribution < 1.29 is 0 Å². The number of aryl methyl sites for hydroxylation is 1. The smallest absolute Gasteiger partial charge is 0.243 e. The van der Waals surface area contributed by atoms with Gasteiger partial charge in [0.1, 0.15) is 0 Å². The van der Waals surface area contributed by atoms with Crippen LogP contribution in [0, 0.1) is 0 Å². The maximum atomic E-state index is 5.83. The Bertz CT molecular complexity index is 744. The summed E-state index contributed by atoms with van der Waals surface area (Å²) in [6, 6.07) is 12.2. The molecule has 1 aliphatic carbocycles. The molecule has 3 aromatic rings. The molecule has 0 saturated carbocycles. The predicted octanol–water partition coefficient (Wildman–Crippen LogP) is 2.41. The molecule has 0 aliphatic heterocycles. The summed E-state index contributed by atoms with van der Waals surface area (Å²) >= 11 is 0. The summed E-state index contributed by atoms with van der Waals surface area (Å²) in [5.74, 6) is 0.672. The molecule has 1 atom stereocenters. The molecule has 5 heteroatoms. The molecule has 100 valence electrons. The Labute approximate surface area is 116 Å². The lowest BCUT2D eigenvalue weighted by Crippen LogP contribution is -2.08. The van der Waals surface area contributed by atoms with Crippen LogP contribution in [0.4, 0.5) is 11.6 Å². The lowest BCUT2D eigenvalue weighted by atomic mass is 10.1. The van der Waals surface area contributed by atoms with Crippen LogP contribution in [0.5, 0.6) is 0 Å². The molecule has 5 nitrogen and oxygen atoms in total. The summed E-state index contributed by atoms with van der Waals surface area (Å²) in [4.78, 5) is 4.48. The molecule has 2 aromatic heterocycles. The average Bonchev–Trinajstić information content (AvgIpc) is 3.02. The fourth-order valence-corrected chi connectivity index (χ4v) is 2.84. The lowest BCUT2D eigenvalue weighted by molar-refractivity contribution is 0.750. The van der Waals surface area contributed by atoms with Gasteiger partial charge in [0.2, 0.25) is 5.95 Å². The molecule has 0 fully saturated rings. The number of hydrogen-bond donors (Lipinski definition) is 2. The SMILES string of the molecule is Nc1ccc2c(c1)CCC2Nc1nc2ccccn2n1. The number of anilines is 2.